The summed E-state index contributed by atoms with van der Waals surface area (Å²) in [6.07, 6.45) is 5.35. The van der Waals surface area contributed by atoms with Crippen LogP contribution in [0.5, 0.6) is 0 Å². The molecule has 2 aliphatic rings. The number of nitrogens with zero attached hydrogens (tertiary/aromatic N) is 3. The molecule has 2 aliphatic heterocycles. The fraction of sp³-hybridized carbons (Fsp3) is 0.500. The summed E-state index contributed by atoms with van der Waals surface area (Å²) in [5.41, 5.74) is 0.702. The molecule has 4 heterocycles. The summed E-state index contributed by atoms with van der Waals surface area (Å²) in [6, 6.07) is 7.14. The number of pyridine rings is 1. The Kier molecular flexibility index (Phi) is 5.89. The predicted molar refractivity (Wildman–Crippen MR) is 115 cm³/mol. The van der Waals surface area contributed by atoms with Gasteiger partial charge in [0.05, 0.1) is 11.6 Å². The lowest BCUT2D eigenvalue weighted by molar-refractivity contribution is -0.120. The van der Waals surface area contributed by atoms with Gasteiger partial charge in [0, 0.05) is 37.3 Å². The van der Waals surface area contributed by atoms with Crippen LogP contribution in [0.25, 0.3) is 0 Å². The van der Waals surface area contributed by atoms with E-state index < -0.39 is 10.0 Å². The maximum Gasteiger partial charge on any atom is 0.252 e. The highest BCUT2D eigenvalue weighted by atomic mass is 32.2. The number of carbonyl (C=O) groups is 1. The van der Waals surface area contributed by atoms with Gasteiger partial charge in [-0.1, -0.05) is 0 Å². The fourth-order valence-electron chi connectivity index (χ4n) is 3.96. The molecule has 2 aromatic heterocycles. The van der Waals surface area contributed by atoms with Crippen LogP contribution in [-0.4, -0.2) is 49.8 Å². The molecule has 1 amide bonds. The SMILES string of the molecule is Cc1ccc(S(=O)(=O)N2CCCC(C(=O)Nc3cccnc3N3CCCC3)C2)s1. The molecule has 1 atom stereocenters. The van der Waals surface area contributed by atoms with Crippen molar-refractivity contribution in [2.75, 3.05) is 36.4 Å². The number of piperidine rings is 1. The van der Waals surface area contributed by atoms with Crippen molar-refractivity contribution in [3.8, 4) is 0 Å². The average molecular weight is 435 g/mol. The molecule has 7 nitrogen and oxygen atoms in total. The van der Waals surface area contributed by atoms with Crippen molar-refractivity contribution < 1.29 is 13.2 Å². The molecule has 4 rings (SSSR count). The molecule has 2 saturated heterocycles. The Balaban J connectivity index is 1.47. The minimum atomic E-state index is -3.55. The number of rotatable bonds is 5. The fourth-order valence-corrected chi connectivity index (χ4v) is 6.92. The number of carbonyl (C=O) groups excluding carboxylic acids is 1. The quantitative estimate of drug-likeness (QED) is 0.782. The summed E-state index contributed by atoms with van der Waals surface area (Å²) in [6.45, 7) is 4.44. The molecule has 1 unspecified atom stereocenters. The second-order valence-electron chi connectivity index (χ2n) is 7.63. The first-order valence-electron chi connectivity index (χ1n) is 10.0. The van der Waals surface area contributed by atoms with Gasteiger partial charge >= 0.3 is 0 Å². The number of nitrogens with one attached hydrogen (secondary N) is 1. The minimum absolute atomic E-state index is 0.138. The van der Waals surface area contributed by atoms with E-state index in [1.807, 2.05) is 25.1 Å². The molecular weight excluding hydrogens is 408 g/mol. The first-order valence-corrected chi connectivity index (χ1v) is 12.3. The molecule has 0 saturated carbocycles. The molecule has 0 spiro atoms. The number of anilines is 2. The summed E-state index contributed by atoms with van der Waals surface area (Å²) < 4.78 is 27.7. The van der Waals surface area contributed by atoms with E-state index in [1.54, 1.807) is 12.3 Å². The Labute approximate surface area is 175 Å². The standard InChI is InChI=1S/C20H26N4O3S2/c1-15-8-9-18(28-15)29(26,27)24-13-5-6-16(14-24)20(25)22-17-7-4-10-21-19(17)23-11-2-3-12-23/h4,7-10,16H,2-3,5-6,11-14H2,1H3,(H,22,25). The third-order valence-corrected chi connectivity index (χ3v) is 8.85. The Hall–Kier alpha value is -1.97. The number of thiophene rings is 1. The van der Waals surface area contributed by atoms with Crippen LogP contribution in [-0.2, 0) is 14.8 Å². The van der Waals surface area contributed by atoms with E-state index in [1.165, 1.54) is 15.6 Å². The van der Waals surface area contributed by atoms with Crippen LogP contribution >= 0.6 is 11.3 Å². The molecule has 2 aromatic rings. The number of amides is 1. The van der Waals surface area contributed by atoms with Crippen LogP contribution in [0, 0.1) is 12.8 Å². The highest BCUT2D eigenvalue weighted by Crippen LogP contribution is 2.30. The van der Waals surface area contributed by atoms with Gasteiger partial charge < -0.3 is 10.2 Å². The van der Waals surface area contributed by atoms with E-state index >= 15 is 0 Å². The van der Waals surface area contributed by atoms with Crippen LogP contribution in [0.15, 0.2) is 34.7 Å². The molecule has 0 aliphatic carbocycles. The van der Waals surface area contributed by atoms with Gasteiger partial charge in [0.25, 0.3) is 10.0 Å². The van der Waals surface area contributed by atoms with Gasteiger partial charge in [0.2, 0.25) is 5.91 Å². The van der Waals surface area contributed by atoms with E-state index in [0.717, 1.165) is 36.6 Å². The largest absolute Gasteiger partial charge is 0.355 e. The van der Waals surface area contributed by atoms with Crippen LogP contribution in [0.3, 0.4) is 0 Å². The Morgan fingerprint density at radius 3 is 2.69 bits per heavy atom. The third-order valence-electron chi connectivity index (χ3n) is 5.51. The zero-order valence-electron chi connectivity index (χ0n) is 16.5. The smallest absolute Gasteiger partial charge is 0.252 e. The van der Waals surface area contributed by atoms with Crippen molar-refractivity contribution in [2.24, 2.45) is 5.92 Å². The van der Waals surface area contributed by atoms with Crippen LogP contribution in [0.4, 0.5) is 11.5 Å². The Bertz CT molecular complexity index is 983. The summed E-state index contributed by atoms with van der Waals surface area (Å²) in [4.78, 5) is 20.6. The summed E-state index contributed by atoms with van der Waals surface area (Å²) in [7, 11) is -3.55. The molecule has 9 heteroatoms. The predicted octanol–water partition coefficient (Wildman–Crippen LogP) is 3.09. The van der Waals surface area contributed by atoms with Crippen LogP contribution in [0.1, 0.15) is 30.6 Å². The van der Waals surface area contributed by atoms with Crippen molar-refractivity contribution in [2.45, 2.75) is 36.8 Å². The molecule has 0 radical (unpaired) electrons. The number of hydrogen-bond donors (Lipinski definition) is 1. The lowest BCUT2D eigenvalue weighted by Gasteiger charge is -2.31. The van der Waals surface area contributed by atoms with Gasteiger partial charge in [-0.15, -0.1) is 11.3 Å². The number of aromatic nitrogens is 1. The lowest BCUT2D eigenvalue weighted by atomic mass is 9.99. The zero-order chi connectivity index (χ0) is 20.4. The van der Waals surface area contributed by atoms with Crippen molar-refractivity contribution in [1.29, 1.82) is 0 Å². The molecule has 0 aromatic carbocycles. The molecule has 2 fully saturated rings. The minimum Gasteiger partial charge on any atom is -0.355 e. The lowest BCUT2D eigenvalue weighted by Crippen LogP contribution is -2.43. The third kappa shape index (κ3) is 4.31. The molecule has 29 heavy (non-hydrogen) atoms. The Morgan fingerprint density at radius 2 is 1.97 bits per heavy atom. The monoisotopic (exact) mass is 434 g/mol. The van der Waals surface area contributed by atoms with Crippen molar-refractivity contribution >= 4 is 38.8 Å². The summed E-state index contributed by atoms with van der Waals surface area (Å²) >= 11 is 1.27. The Morgan fingerprint density at radius 1 is 1.17 bits per heavy atom. The first-order chi connectivity index (χ1) is 13.9. The zero-order valence-corrected chi connectivity index (χ0v) is 18.1. The van der Waals surface area contributed by atoms with Crippen molar-refractivity contribution in [3.63, 3.8) is 0 Å². The van der Waals surface area contributed by atoms with Crippen LogP contribution in [0.2, 0.25) is 0 Å². The van der Waals surface area contributed by atoms with Gasteiger partial charge in [0.1, 0.15) is 4.21 Å². The second-order valence-corrected chi connectivity index (χ2v) is 11.1. The van der Waals surface area contributed by atoms with E-state index in [2.05, 4.69) is 15.2 Å². The molecule has 156 valence electrons. The maximum absolute atomic E-state index is 13.0. The normalized spacial score (nSPS) is 20.7. The van der Waals surface area contributed by atoms with E-state index in [0.29, 0.717) is 29.3 Å². The van der Waals surface area contributed by atoms with Crippen molar-refractivity contribution in [1.82, 2.24) is 9.29 Å². The summed E-state index contributed by atoms with van der Waals surface area (Å²) in [5, 5.41) is 3.01. The van der Waals surface area contributed by atoms with Gasteiger partial charge in [-0.05, 0) is 56.9 Å². The van der Waals surface area contributed by atoms with E-state index in [-0.39, 0.29) is 18.4 Å². The van der Waals surface area contributed by atoms with E-state index in [4.69, 9.17) is 0 Å². The van der Waals surface area contributed by atoms with Gasteiger partial charge in [-0.2, -0.15) is 4.31 Å². The second kappa shape index (κ2) is 8.41. The maximum atomic E-state index is 13.0. The highest BCUT2D eigenvalue weighted by molar-refractivity contribution is 7.91. The van der Waals surface area contributed by atoms with Gasteiger partial charge in [-0.25, -0.2) is 13.4 Å². The van der Waals surface area contributed by atoms with Crippen LogP contribution < -0.4 is 10.2 Å². The van der Waals surface area contributed by atoms with E-state index in [9.17, 15) is 13.2 Å². The van der Waals surface area contributed by atoms with Gasteiger partial charge in [0.15, 0.2) is 5.82 Å². The molecular formula is C20H26N4O3S2. The van der Waals surface area contributed by atoms with Gasteiger partial charge in [-0.3, -0.25) is 4.79 Å². The number of aryl methyl sites for hydroxylation is 1. The molecule has 0 bridgehead atoms. The average Bonchev–Trinajstić information content (AvgIpc) is 3.41. The first kappa shape index (κ1) is 20.3. The van der Waals surface area contributed by atoms with Crippen molar-refractivity contribution in [3.05, 3.63) is 35.3 Å². The summed E-state index contributed by atoms with van der Waals surface area (Å²) in [5.74, 6) is 0.291. The highest BCUT2D eigenvalue weighted by Gasteiger charge is 2.34. The molecule has 1 N–H and O–H groups in total. The number of hydrogen-bond acceptors (Lipinski definition) is 6. The topological polar surface area (TPSA) is 82.6 Å². The number of sulfonamides is 1.